The third-order valence-electron chi connectivity index (χ3n) is 3.23. The van der Waals surface area contributed by atoms with Crippen molar-refractivity contribution in [1.29, 1.82) is 0 Å². The second-order valence-corrected chi connectivity index (χ2v) is 5.67. The highest BCUT2D eigenvalue weighted by Crippen LogP contribution is 2.37. The first kappa shape index (κ1) is 19.4. The quantitative estimate of drug-likeness (QED) is 0.309. The molecule has 0 saturated carbocycles. The van der Waals surface area contributed by atoms with Crippen LogP contribution in [0.5, 0.6) is 11.5 Å². The lowest BCUT2D eigenvalue weighted by molar-refractivity contribution is -0.385. The van der Waals surface area contributed by atoms with E-state index in [1.807, 2.05) is 0 Å². The summed E-state index contributed by atoms with van der Waals surface area (Å²) >= 11 is 1.20. The van der Waals surface area contributed by atoms with E-state index in [9.17, 15) is 14.9 Å². The molecule has 0 spiro atoms. The minimum Gasteiger partial charge on any atom is -0.490 e. The van der Waals surface area contributed by atoms with Crippen molar-refractivity contribution in [2.75, 3.05) is 20.0 Å². The van der Waals surface area contributed by atoms with Gasteiger partial charge < -0.3 is 9.47 Å². The molecule has 0 aliphatic rings. The standard InChI is InChI=1S/C15H17N5O5S/c1-5-25-12-7-10(6-11(20(22)23)13(12)24-3)8-16-19-14(21)9(2)17-18-15(19)26-4/h6-8H,5H2,1-4H3/b16-8-. The molecule has 26 heavy (non-hydrogen) atoms. The van der Waals surface area contributed by atoms with Crippen LogP contribution in [0.4, 0.5) is 5.69 Å². The average molecular weight is 379 g/mol. The number of nitro benzene ring substituents is 1. The molecule has 0 N–H and O–H groups in total. The zero-order chi connectivity index (χ0) is 19.3. The lowest BCUT2D eigenvalue weighted by Gasteiger charge is -2.10. The summed E-state index contributed by atoms with van der Waals surface area (Å²) in [6.45, 7) is 3.58. The maximum atomic E-state index is 12.2. The summed E-state index contributed by atoms with van der Waals surface area (Å²) in [7, 11) is 1.33. The zero-order valence-corrected chi connectivity index (χ0v) is 15.4. The van der Waals surface area contributed by atoms with Gasteiger partial charge in [-0.1, -0.05) is 11.8 Å². The van der Waals surface area contributed by atoms with Crippen molar-refractivity contribution in [3.8, 4) is 11.5 Å². The summed E-state index contributed by atoms with van der Waals surface area (Å²) in [5, 5.41) is 23.4. The van der Waals surface area contributed by atoms with E-state index in [0.717, 1.165) is 4.68 Å². The van der Waals surface area contributed by atoms with Gasteiger partial charge >= 0.3 is 5.69 Å². The number of ether oxygens (including phenoxy) is 2. The maximum absolute atomic E-state index is 12.2. The van der Waals surface area contributed by atoms with Gasteiger partial charge in [-0.15, -0.1) is 10.2 Å². The van der Waals surface area contributed by atoms with Crippen molar-refractivity contribution in [3.63, 3.8) is 0 Å². The minimum atomic E-state index is -0.573. The first-order chi connectivity index (χ1) is 12.4. The van der Waals surface area contributed by atoms with Gasteiger partial charge in [-0.05, 0) is 26.2 Å². The van der Waals surface area contributed by atoms with E-state index in [-0.39, 0.29) is 22.9 Å². The molecule has 10 nitrogen and oxygen atoms in total. The number of hydrogen-bond acceptors (Lipinski definition) is 9. The van der Waals surface area contributed by atoms with Gasteiger partial charge in [-0.3, -0.25) is 14.9 Å². The smallest absolute Gasteiger partial charge is 0.315 e. The summed E-state index contributed by atoms with van der Waals surface area (Å²) < 4.78 is 11.6. The molecule has 2 aromatic rings. The lowest BCUT2D eigenvalue weighted by atomic mass is 10.2. The average Bonchev–Trinajstić information content (AvgIpc) is 2.62. The molecule has 0 aliphatic carbocycles. The number of hydrogen-bond donors (Lipinski definition) is 0. The Labute approximate surface area is 153 Å². The molecule has 0 bridgehead atoms. The van der Waals surface area contributed by atoms with Crippen molar-refractivity contribution in [2.45, 2.75) is 19.0 Å². The molecule has 11 heteroatoms. The monoisotopic (exact) mass is 379 g/mol. The highest BCUT2D eigenvalue weighted by atomic mass is 32.2. The predicted octanol–water partition coefficient (Wildman–Crippen LogP) is 1.87. The van der Waals surface area contributed by atoms with Gasteiger partial charge in [0.05, 0.1) is 24.9 Å². The number of methoxy groups -OCH3 is 1. The molecule has 1 aromatic heterocycles. The summed E-state index contributed by atoms with van der Waals surface area (Å²) in [5.74, 6) is 0.240. The Morgan fingerprint density at radius 1 is 1.42 bits per heavy atom. The molecule has 0 fully saturated rings. The summed E-state index contributed by atoms with van der Waals surface area (Å²) in [6.07, 6.45) is 3.05. The van der Waals surface area contributed by atoms with Gasteiger partial charge in [0.15, 0.2) is 5.75 Å². The van der Waals surface area contributed by atoms with Crippen LogP contribution in [0.3, 0.4) is 0 Å². The fourth-order valence-corrected chi connectivity index (χ4v) is 2.51. The van der Waals surface area contributed by atoms with Gasteiger partial charge in [-0.2, -0.15) is 9.78 Å². The number of benzene rings is 1. The van der Waals surface area contributed by atoms with Crippen molar-refractivity contribution in [3.05, 3.63) is 43.9 Å². The largest absolute Gasteiger partial charge is 0.490 e. The number of nitro groups is 1. The first-order valence-corrected chi connectivity index (χ1v) is 8.69. The highest BCUT2D eigenvalue weighted by molar-refractivity contribution is 7.98. The van der Waals surface area contributed by atoms with Crippen molar-refractivity contribution in [1.82, 2.24) is 14.9 Å². The molecular formula is C15H17N5O5S. The van der Waals surface area contributed by atoms with Crippen LogP contribution in [0, 0.1) is 17.0 Å². The molecule has 1 heterocycles. The number of aryl methyl sites for hydroxylation is 1. The molecule has 0 saturated heterocycles. The van der Waals surface area contributed by atoms with Gasteiger partial charge in [0.25, 0.3) is 5.56 Å². The zero-order valence-electron chi connectivity index (χ0n) is 14.6. The minimum absolute atomic E-state index is 0.0254. The maximum Gasteiger partial charge on any atom is 0.315 e. The van der Waals surface area contributed by atoms with Crippen LogP contribution in [-0.2, 0) is 0 Å². The van der Waals surface area contributed by atoms with Crippen LogP contribution in [0.1, 0.15) is 18.2 Å². The van der Waals surface area contributed by atoms with E-state index >= 15 is 0 Å². The van der Waals surface area contributed by atoms with Crippen LogP contribution in [-0.4, -0.2) is 46.0 Å². The van der Waals surface area contributed by atoms with E-state index in [4.69, 9.17) is 9.47 Å². The normalized spacial score (nSPS) is 10.9. The Morgan fingerprint density at radius 2 is 2.15 bits per heavy atom. The third kappa shape index (κ3) is 3.99. The second-order valence-electron chi connectivity index (χ2n) is 4.90. The molecule has 138 valence electrons. The van der Waals surface area contributed by atoms with Crippen LogP contribution in [0.15, 0.2) is 27.2 Å². The molecular weight excluding hydrogens is 362 g/mol. The Morgan fingerprint density at radius 3 is 2.73 bits per heavy atom. The Balaban J connectivity index is 2.57. The lowest BCUT2D eigenvalue weighted by Crippen LogP contribution is -2.23. The number of aromatic nitrogens is 3. The van der Waals surface area contributed by atoms with Gasteiger partial charge in [0.1, 0.15) is 5.69 Å². The molecule has 0 amide bonds. The second kappa shape index (κ2) is 8.43. The van der Waals surface area contributed by atoms with Crippen LogP contribution < -0.4 is 15.0 Å². The van der Waals surface area contributed by atoms with Crippen molar-refractivity contribution < 1.29 is 14.4 Å². The molecule has 0 radical (unpaired) electrons. The van der Waals surface area contributed by atoms with Crippen molar-refractivity contribution in [2.24, 2.45) is 5.10 Å². The van der Waals surface area contributed by atoms with E-state index in [1.54, 1.807) is 19.2 Å². The van der Waals surface area contributed by atoms with E-state index in [0.29, 0.717) is 17.3 Å². The van der Waals surface area contributed by atoms with E-state index < -0.39 is 10.5 Å². The van der Waals surface area contributed by atoms with E-state index in [2.05, 4.69) is 15.3 Å². The molecule has 2 rings (SSSR count). The van der Waals surface area contributed by atoms with Crippen LogP contribution >= 0.6 is 11.8 Å². The van der Waals surface area contributed by atoms with Gasteiger partial charge in [0.2, 0.25) is 10.9 Å². The number of nitrogens with zero attached hydrogens (tertiary/aromatic N) is 5. The van der Waals surface area contributed by atoms with Gasteiger partial charge in [0, 0.05) is 11.6 Å². The first-order valence-electron chi connectivity index (χ1n) is 7.46. The fourth-order valence-electron chi connectivity index (χ4n) is 2.08. The summed E-state index contributed by atoms with van der Waals surface area (Å²) in [4.78, 5) is 22.9. The fraction of sp³-hybridized carbons (Fsp3) is 0.333. The summed E-state index contributed by atoms with van der Waals surface area (Å²) in [6, 6.07) is 2.83. The molecule has 0 aliphatic heterocycles. The third-order valence-corrected chi connectivity index (χ3v) is 3.85. The highest BCUT2D eigenvalue weighted by Gasteiger charge is 2.21. The predicted molar refractivity (Wildman–Crippen MR) is 96.6 cm³/mol. The Bertz CT molecular complexity index is 912. The molecule has 0 atom stereocenters. The number of thioether (sulfide) groups is 1. The van der Waals surface area contributed by atoms with E-state index in [1.165, 1.54) is 38.1 Å². The SMILES string of the molecule is CCOc1cc(/C=N\n2c(SC)nnc(C)c2=O)cc([N+](=O)[O-])c1OC. The number of rotatable bonds is 7. The summed E-state index contributed by atoms with van der Waals surface area (Å²) in [5.41, 5.74) is -0.125. The molecule has 1 aromatic carbocycles. The Hall–Kier alpha value is -2.95. The van der Waals surface area contributed by atoms with Crippen LogP contribution in [0.2, 0.25) is 0 Å². The topological polar surface area (TPSA) is 122 Å². The van der Waals surface area contributed by atoms with Crippen LogP contribution in [0.25, 0.3) is 0 Å². The van der Waals surface area contributed by atoms with Gasteiger partial charge in [-0.25, -0.2) is 0 Å². The van der Waals surface area contributed by atoms with Crippen molar-refractivity contribution >= 4 is 23.7 Å². The molecule has 0 unspecified atom stereocenters. The Kier molecular flexibility index (Phi) is 6.28.